The SMILES string of the molecule is Cc1ccc(Nc2ncnc3sc(C(=O)NC(=O)c4cccc(C(F)(F)F)c4)cc23)cc1. The van der Waals surface area contributed by atoms with Crippen LogP contribution >= 0.6 is 11.3 Å². The number of nitrogens with one attached hydrogen (secondary N) is 2. The zero-order valence-corrected chi connectivity index (χ0v) is 17.3. The lowest BCUT2D eigenvalue weighted by molar-refractivity contribution is -0.137. The van der Waals surface area contributed by atoms with Crippen molar-refractivity contribution in [3.8, 4) is 0 Å². The van der Waals surface area contributed by atoms with Gasteiger partial charge < -0.3 is 5.32 Å². The predicted octanol–water partition coefficient (Wildman–Crippen LogP) is 5.33. The molecule has 0 fully saturated rings. The van der Waals surface area contributed by atoms with Crippen molar-refractivity contribution >= 4 is 44.9 Å². The van der Waals surface area contributed by atoms with E-state index in [-0.39, 0.29) is 10.4 Å². The van der Waals surface area contributed by atoms with Gasteiger partial charge >= 0.3 is 6.18 Å². The van der Waals surface area contributed by atoms with E-state index in [1.54, 1.807) is 0 Å². The first kappa shape index (κ1) is 21.4. The van der Waals surface area contributed by atoms with Gasteiger partial charge in [-0.2, -0.15) is 13.2 Å². The molecule has 0 atom stereocenters. The van der Waals surface area contributed by atoms with Crippen molar-refractivity contribution in [3.05, 3.63) is 82.5 Å². The number of nitrogens with zero attached hydrogens (tertiary/aromatic N) is 2. The number of alkyl halides is 3. The van der Waals surface area contributed by atoms with Gasteiger partial charge in [0.15, 0.2) is 0 Å². The third kappa shape index (κ3) is 4.59. The zero-order chi connectivity index (χ0) is 22.9. The van der Waals surface area contributed by atoms with Crippen LogP contribution in [0.15, 0.2) is 60.9 Å². The van der Waals surface area contributed by atoms with Crippen LogP contribution in [0.2, 0.25) is 0 Å². The Labute approximate surface area is 184 Å². The number of imide groups is 1. The highest BCUT2D eigenvalue weighted by atomic mass is 32.1. The van der Waals surface area contributed by atoms with Crippen molar-refractivity contribution in [1.29, 1.82) is 0 Å². The highest BCUT2D eigenvalue weighted by molar-refractivity contribution is 7.20. The lowest BCUT2D eigenvalue weighted by Gasteiger charge is -2.08. The fourth-order valence-electron chi connectivity index (χ4n) is 2.91. The van der Waals surface area contributed by atoms with E-state index in [0.29, 0.717) is 22.1 Å². The molecule has 0 aliphatic rings. The van der Waals surface area contributed by atoms with Gasteiger partial charge in [0.25, 0.3) is 11.8 Å². The van der Waals surface area contributed by atoms with E-state index in [4.69, 9.17) is 0 Å². The molecule has 0 bridgehead atoms. The standard InChI is InChI=1S/C22H15F3N4O2S/c1-12-5-7-15(8-6-12)28-18-16-10-17(32-21(16)27-11-26-18)20(31)29-19(30)13-3-2-4-14(9-13)22(23,24)25/h2-11H,1H3,(H,26,27,28)(H,29,30,31). The second-order valence-corrected chi connectivity index (χ2v) is 7.94. The van der Waals surface area contributed by atoms with Crippen LogP contribution in [0.5, 0.6) is 0 Å². The molecule has 0 saturated heterocycles. The minimum atomic E-state index is -4.59. The van der Waals surface area contributed by atoms with Gasteiger partial charge in [-0.3, -0.25) is 14.9 Å². The molecule has 4 rings (SSSR count). The number of rotatable bonds is 4. The molecule has 6 nitrogen and oxygen atoms in total. The number of hydrogen-bond acceptors (Lipinski definition) is 6. The normalized spacial score (nSPS) is 11.4. The molecular weight excluding hydrogens is 441 g/mol. The first-order chi connectivity index (χ1) is 15.2. The Hall–Kier alpha value is -3.79. The fourth-order valence-corrected chi connectivity index (χ4v) is 3.81. The topological polar surface area (TPSA) is 84.0 Å². The van der Waals surface area contributed by atoms with E-state index in [9.17, 15) is 22.8 Å². The zero-order valence-electron chi connectivity index (χ0n) is 16.5. The minimum Gasteiger partial charge on any atom is -0.340 e. The van der Waals surface area contributed by atoms with Gasteiger partial charge in [0, 0.05) is 11.3 Å². The predicted molar refractivity (Wildman–Crippen MR) is 115 cm³/mol. The molecule has 0 unspecified atom stereocenters. The number of amides is 2. The number of hydrogen-bond donors (Lipinski definition) is 2. The molecule has 2 amide bonds. The van der Waals surface area contributed by atoms with Crippen LogP contribution in [-0.2, 0) is 6.18 Å². The summed E-state index contributed by atoms with van der Waals surface area (Å²) in [5, 5.41) is 5.87. The first-order valence-electron chi connectivity index (χ1n) is 9.32. The van der Waals surface area contributed by atoms with Crippen molar-refractivity contribution < 1.29 is 22.8 Å². The smallest absolute Gasteiger partial charge is 0.340 e. The maximum absolute atomic E-state index is 12.9. The first-order valence-corrected chi connectivity index (χ1v) is 10.1. The van der Waals surface area contributed by atoms with Crippen LogP contribution in [-0.4, -0.2) is 21.8 Å². The third-order valence-electron chi connectivity index (χ3n) is 4.55. The molecule has 0 spiro atoms. The molecule has 4 aromatic rings. The number of halogens is 3. The van der Waals surface area contributed by atoms with Gasteiger partial charge in [0.2, 0.25) is 0 Å². The van der Waals surface area contributed by atoms with E-state index >= 15 is 0 Å². The molecule has 0 radical (unpaired) electrons. The average molecular weight is 456 g/mol. The quantitative estimate of drug-likeness (QED) is 0.406. The van der Waals surface area contributed by atoms with Crippen molar-refractivity contribution in [2.75, 3.05) is 5.32 Å². The van der Waals surface area contributed by atoms with Gasteiger partial charge in [-0.05, 0) is 43.3 Å². The fraction of sp³-hybridized carbons (Fsp3) is 0.0909. The molecule has 0 saturated carbocycles. The lowest BCUT2D eigenvalue weighted by atomic mass is 10.1. The monoisotopic (exact) mass is 456 g/mol. The number of carbonyl (C=O) groups is 2. The number of thiophene rings is 1. The van der Waals surface area contributed by atoms with E-state index in [0.717, 1.165) is 34.7 Å². The van der Waals surface area contributed by atoms with Crippen molar-refractivity contribution in [3.63, 3.8) is 0 Å². The Morgan fingerprint density at radius 2 is 1.72 bits per heavy atom. The summed E-state index contributed by atoms with van der Waals surface area (Å²) in [6, 6.07) is 13.0. The van der Waals surface area contributed by atoms with Crippen LogP contribution in [0.3, 0.4) is 0 Å². The molecule has 0 aliphatic carbocycles. The van der Waals surface area contributed by atoms with Gasteiger partial charge in [-0.1, -0.05) is 23.8 Å². The van der Waals surface area contributed by atoms with Crippen LogP contribution < -0.4 is 10.6 Å². The van der Waals surface area contributed by atoms with Crippen molar-refractivity contribution in [1.82, 2.24) is 15.3 Å². The second kappa shape index (κ2) is 8.39. The Kier molecular flexibility index (Phi) is 5.62. The summed E-state index contributed by atoms with van der Waals surface area (Å²) in [6.07, 6.45) is -3.24. The summed E-state index contributed by atoms with van der Waals surface area (Å²) in [5.74, 6) is -1.18. The van der Waals surface area contributed by atoms with Crippen LogP contribution in [0.4, 0.5) is 24.7 Å². The van der Waals surface area contributed by atoms with E-state index in [1.807, 2.05) is 31.2 Å². The largest absolute Gasteiger partial charge is 0.416 e. The van der Waals surface area contributed by atoms with E-state index < -0.39 is 23.6 Å². The molecule has 2 heterocycles. The maximum Gasteiger partial charge on any atom is 0.416 e. The Morgan fingerprint density at radius 1 is 0.969 bits per heavy atom. The summed E-state index contributed by atoms with van der Waals surface area (Å²) in [4.78, 5) is 34.0. The number of carbonyl (C=O) groups excluding carboxylic acids is 2. The number of benzene rings is 2. The third-order valence-corrected chi connectivity index (χ3v) is 5.59. The summed E-state index contributed by atoms with van der Waals surface area (Å²) >= 11 is 1.04. The number of anilines is 2. The number of fused-ring (bicyclic) bond motifs is 1. The molecular formula is C22H15F3N4O2S. The highest BCUT2D eigenvalue weighted by Crippen LogP contribution is 2.31. The molecule has 10 heteroatoms. The second-order valence-electron chi connectivity index (χ2n) is 6.90. The van der Waals surface area contributed by atoms with E-state index in [1.165, 1.54) is 18.5 Å². The van der Waals surface area contributed by atoms with E-state index in [2.05, 4.69) is 20.6 Å². The Morgan fingerprint density at radius 3 is 2.44 bits per heavy atom. The van der Waals surface area contributed by atoms with Gasteiger partial charge in [0.1, 0.15) is 17.0 Å². The number of aromatic nitrogens is 2. The molecule has 32 heavy (non-hydrogen) atoms. The van der Waals surface area contributed by atoms with Crippen molar-refractivity contribution in [2.45, 2.75) is 13.1 Å². The average Bonchev–Trinajstić information content (AvgIpc) is 3.20. The lowest BCUT2D eigenvalue weighted by Crippen LogP contribution is -2.30. The van der Waals surface area contributed by atoms with Crippen molar-refractivity contribution in [2.24, 2.45) is 0 Å². The molecule has 2 aromatic carbocycles. The summed E-state index contributed by atoms with van der Waals surface area (Å²) in [6.45, 7) is 1.97. The van der Waals surface area contributed by atoms with Crippen LogP contribution in [0, 0.1) is 6.92 Å². The minimum absolute atomic E-state index is 0.174. The van der Waals surface area contributed by atoms with Gasteiger partial charge in [-0.25, -0.2) is 9.97 Å². The summed E-state index contributed by atoms with van der Waals surface area (Å²) in [5.41, 5.74) is 0.660. The van der Waals surface area contributed by atoms with Gasteiger partial charge in [0.05, 0.1) is 15.8 Å². The Bertz CT molecular complexity index is 1320. The molecule has 2 N–H and O–H groups in total. The Balaban J connectivity index is 1.55. The summed E-state index contributed by atoms with van der Waals surface area (Å²) in [7, 11) is 0. The molecule has 162 valence electrons. The van der Waals surface area contributed by atoms with Gasteiger partial charge in [-0.15, -0.1) is 11.3 Å². The summed E-state index contributed by atoms with van der Waals surface area (Å²) < 4.78 is 38.6. The van der Waals surface area contributed by atoms with Crippen LogP contribution in [0.1, 0.15) is 31.2 Å². The number of aryl methyl sites for hydroxylation is 1. The maximum atomic E-state index is 12.9. The molecule has 2 aromatic heterocycles. The molecule has 0 aliphatic heterocycles. The highest BCUT2D eigenvalue weighted by Gasteiger charge is 2.31. The van der Waals surface area contributed by atoms with Crippen LogP contribution in [0.25, 0.3) is 10.2 Å².